The van der Waals surface area contributed by atoms with E-state index >= 15 is 0 Å². The van der Waals surface area contributed by atoms with Crippen molar-refractivity contribution in [1.82, 2.24) is 4.98 Å². The lowest BCUT2D eigenvalue weighted by Gasteiger charge is -2.14. The fraction of sp³-hybridized carbons (Fsp3) is 0.0500. The molecule has 0 aliphatic heterocycles. The Labute approximate surface area is 145 Å². The van der Waals surface area contributed by atoms with Gasteiger partial charge < -0.3 is 10.6 Å². The molecule has 0 spiro atoms. The quantitative estimate of drug-likeness (QED) is 0.337. The lowest BCUT2D eigenvalue weighted by atomic mass is 9.91. The molecule has 0 bridgehead atoms. The summed E-state index contributed by atoms with van der Waals surface area (Å²) in [6.07, 6.45) is 1.59. The molecule has 0 aliphatic carbocycles. The molecule has 3 rings (SSSR count). The third-order valence-corrected chi connectivity index (χ3v) is 3.66. The number of nitrogens with zero attached hydrogens (tertiary/aromatic N) is 2. The van der Waals surface area contributed by atoms with Crippen molar-refractivity contribution in [2.45, 2.75) is 5.92 Å². The highest BCUT2D eigenvalue weighted by Gasteiger charge is 2.24. The van der Waals surface area contributed by atoms with Crippen LogP contribution in [0.3, 0.4) is 0 Å². The first-order chi connectivity index (χ1) is 12.3. The van der Waals surface area contributed by atoms with Crippen LogP contribution in [0.25, 0.3) is 0 Å². The Morgan fingerprint density at radius 3 is 1.96 bits per heavy atom. The molecule has 2 aromatic carbocycles. The number of pyridine rings is 1. The van der Waals surface area contributed by atoms with Crippen LogP contribution in [0.5, 0.6) is 0 Å². The molecular weight excluding hydrogens is 314 g/mol. The smallest absolute Gasteiger partial charge is 0.346 e. The Kier molecular flexibility index (Phi) is 5.16. The van der Waals surface area contributed by atoms with E-state index in [1.54, 1.807) is 24.4 Å². The van der Waals surface area contributed by atoms with Crippen molar-refractivity contribution < 1.29 is 9.63 Å². The summed E-state index contributed by atoms with van der Waals surface area (Å²) in [4.78, 5) is 21.9. The summed E-state index contributed by atoms with van der Waals surface area (Å²) in [7, 11) is 0. The van der Waals surface area contributed by atoms with E-state index in [2.05, 4.69) is 10.1 Å². The molecule has 1 aromatic heterocycles. The van der Waals surface area contributed by atoms with Gasteiger partial charge in [0.05, 0.1) is 0 Å². The van der Waals surface area contributed by atoms with E-state index in [9.17, 15) is 4.79 Å². The van der Waals surface area contributed by atoms with Gasteiger partial charge in [0.15, 0.2) is 5.84 Å². The summed E-state index contributed by atoms with van der Waals surface area (Å²) >= 11 is 0. The monoisotopic (exact) mass is 331 g/mol. The Hall–Kier alpha value is -3.47. The van der Waals surface area contributed by atoms with Crippen molar-refractivity contribution in [3.8, 4) is 0 Å². The van der Waals surface area contributed by atoms with Crippen molar-refractivity contribution in [3.63, 3.8) is 0 Å². The number of nitrogens with two attached hydrogens (primary N) is 1. The second-order valence-electron chi connectivity index (χ2n) is 5.36. The molecule has 0 saturated carbocycles. The SMILES string of the molecule is NC(=NOC(=O)C(c1ccccc1)c1ccccc1)c1ccccn1. The van der Waals surface area contributed by atoms with Crippen LogP contribution in [0.15, 0.2) is 90.2 Å². The predicted octanol–water partition coefficient (Wildman–Crippen LogP) is 3.08. The zero-order valence-electron chi connectivity index (χ0n) is 13.4. The van der Waals surface area contributed by atoms with Gasteiger partial charge in [0.2, 0.25) is 0 Å². The van der Waals surface area contributed by atoms with Crippen LogP contribution in [-0.2, 0) is 9.63 Å². The maximum atomic E-state index is 12.7. The maximum absolute atomic E-state index is 12.7. The van der Waals surface area contributed by atoms with Gasteiger partial charge in [0.1, 0.15) is 11.6 Å². The molecule has 0 radical (unpaired) electrons. The van der Waals surface area contributed by atoms with Crippen LogP contribution >= 0.6 is 0 Å². The van der Waals surface area contributed by atoms with E-state index in [4.69, 9.17) is 10.6 Å². The summed E-state index contributed by atoms with van der Waals surface area (Å²) in [6.45, 7) is 0. The summed E-state index contributed by atoms with van der Waals surface area (Å²) < 4.78 is 0. The number of benzene rings is 2. The average Bonchev–Trinajstić information content (AvgIpc) is 2.69. The van der Waals surface area contributed by atoms with Gasteiger partial charge in [-0.15, -0.1) is 0 Å². The van der Waals surface area contributed by atoms with Crippen LogP contribution in [-0.4, -0.2) is 16.8 Å². The number of aromatic nitrogens is 1. The van der Waals surface area contributed by atoms with Crippen LogP contribution in [0.1, 0.15) is 22.7 Å². The van der Waals surface area contributed by atoms with Crippen molar-refractivity contribution in [1.29, 1.82) is 0 Å². The first kappa shape index (κ1) is 16.4. The van der Waals surface area contributed by atoms with E-state index in [1.165, 1.54) is 0 Å². The van der Waals surface area contributed by atoms with Gasteiger partial charge in [-0.25, -0.2) is 4.79 Å². The molecule has 1 heterocycles. The molecule has 0 amide bonds. The molecule has 5 heteroatoms. The number of amidine groups is 1. The number of hydrogen-bond acceptors (Lipinski definition) is 4. The molecule has 0 aliphatic rings. The highest BCUT2D eigenvalue weighted by molar-refractivity contribution is 5.95. The summed E-state index contributed by atoms with van der Waals surface area (Å²) in [5.41, 5.74) is 7.93. The number of hydrogen-bond donors (Lipinski definition) is 1. The van der Waals surface area contributed by atoms with Gasteiger partial charge in [-0.3, -0.25) is 4.98 Å². The summed E-state index contributed by atoms with van der Waals surface area (Å²) in [5, 5.41) is 3.75. The third kappa shape index (κ3) is 4.09. The van der Waals surface area contributed by atoms with Crippen LogP contribution in [0.4, 0.5) is 0 Å². The Morgan fingerprint density at radius 1 is 0.880 bits per heavy atom. The fourth-order valence-corrected chi connectivity index (χ4v) is 2.46. The van der Waals surface area contributed by atoms with Gasteiger partial charge in [-0.2, -0.15) is 0 Å². The average molecular weight is 331 g/mol. The highest BCUT2D eigenvalue weighted by Crippen LogP contribution is 2.26. The molecule has 2 N–H and O–H groups in total. The van der Waals surface area contributed by atoms with Crippen molar-refractivity contribution in [3.05, 3.63) is 102 Å². The minimum absolute atomic E-state index is 0.0498. The van der Waals surface area contributed by atoms with Gasteiger partial charge >= 0.3 is 5.97 Å². The summed E-state index contributed by atoms with van der Waals surface area (Å²) in [6, 6.07) is 24.1. The second-order valence-corrected chi connectivity index (χ2v) is 5.36. The van der Waals surface area contributed by atoms with E-state index in [0.29, 0.717) is 5.69 Å². The fourth-order valence-electron chi connectivity index (χ4n) is 2.46. The van der Waals surface area contributed by atoms with E-state index in [0.717, 1.165) is 11.1 Å². The molecular formula is C20H17N3O2. The first-order valence-electron chi connectivity index (χ1n) is 7.81. The molecule has 0 fully saturated rings. The Balaban J connectivity index is 1.85. The molecule has 0 saturated heterocycles. The molecule has 3 aromatic rings. The van der Waals surface area contributed by atoms with E-state index in [1.807, 2.05) is 60.7 Å². The standard InChI is InChI=1S/C20H17N3O2/c21-19(17-13-7-8-14-22-17)23-25-20(24)18(15-9-3-1-4-10-15)16-11-5-2-6-12-16/h1-14,18H,(H2,21,23). The van der Waals surface area contributed by atoms with E-state index in [-0.39, 0.29) is 5.84 Å². The second kappa shape index (κ2) is 7.88. The minimum atomic E-state index is -0.581. The van der Waals surface area contributed by atoms with Crippen LogP contribution in [0, 0.1) is 0 Å². The molecule has 5 nitrogen and oxygen atoms in total. The van der Waals surface area contributed by atoms with Crippen molar-refractivity contribution in [2.75, 3.05) is 0 Å². The zero-order valence-corrected chi connectivity index (χ0v) is 13.4. The lowest BCUT2D eigenvalue weighted by molar-refractivity contribution is -0.144. The maximum Gasteiger partial charge on any atom is 0.346 e. The summed E-state index contributed by atoms with van der Waals surface area (Å²) in [5.74, 6) is -1.03. The number of oxime groups is 1. The predicted molar refractivity (Wildman–Crippen MR) is 95.8 cm³/mol. The van der Waals surface area contributed by atoms with Gasteiger partial charge in [0, 0.05) is 6.20 Å². The largest absolute Gasteiger partial charge is 0.379 e. The topological polar surface area (TPSA) is 77.6 Å². The van der Waals surface area contributed by atoms with Crippen LogP contribution in [0.2, 0.25) is 0 Å². The Morgan fingerprint density at radius 2 is 1.44 bits per heavy atom. The van der Waals surface area contributed by atoms with Gasteiger partial charge in [-0.05, 0) is 23.3 Å². The molecule has 124 valence electrons. The van der Waals surface area contributed by atoms with Crippen molar-refractivity contribution in [2.24, 2.45) is 10.9 Å². The van der Waals surface area contributed by atoms with Crippen LogP contribution < -0.4 is 5.73 Å². The number of rotatable bonds is 5. The number of carbonyl (C=O) groups is 1. The van der Waals surface area contributed by atoms with Crippen molar-refractivity contribution >= 4 is 11.8 Å². The third-order valence-electron chi connectivity index (χ3n) is 3.66. The number of carbonyl (C=O) groups excluding carboxylic acids is 1. The zero-order chi connectivity index (χ0) is 17.5. The minimum Gasteiger partial charge on any atom is -0.379 e. The normalized spacial score (nSPS) is 11.3. The van der Waals surface area contributed by atoms with E-state index < -0.39 is 11.9 Å². The molecule has 0 unspecified atom stereocenters. The molecule has 25 heavy (non-hydrogen) atoms. The van der Waals surface area contributed by atoms with Gasteiger partial charge in [-0.1, -0.05) is 71.9 Å². The lowest BCUT2D eigenvalue weighted by Crippen LogP contribution is -2.19. The molecule has 0 atom stereocenters. The highest BCUT2D eigenvalue weighted by atomic mass is 16.7. The first-order valence-corrected chi connectivity index (χ1v) is 7.81. The van der Waals surface area contributed by atoms with Gasteiger partial charge in [0.25, 0.3) is 0 Å². The Bertz CT molecular complexity index is 810.